The molecule has 10 heteroatoms. The van der Waals surface area contributed by atoms with E-state index in [0.29, 0.717) is 45.6 Å². The van der Waals surface area contributed by atoms with Gasteiger partial charge in [0.2, 0.25) is 11.8 Å². The lowest BCUT2D eigenvalue weighted by molar-refractivity contribution is 0.0949. The average molecular weight is 485 g/mol. The number of phenolic OH excluding ortho intramolecular Hbond substituents is 1. The minimum absolute atomic E-state index is 0.0690. The Labute approximate surface area is 206 Å². The number of phenols is 1. The van der Waals surface area contributed by atoms with Gasteiger partial charge >= 0.3 is 0 Å². The lowest BCUT2D eigenvalue weighted by atomic mass is 10.0. The molecule has 5 rings (SSSR count). The van der Waals surface area contributed by atoms with Crippen LogP contribution in [0.1, 0.15) is 41.8 Å². The smallest absolute Gasteiger partial charge is 0.251 e. The van der Waals surface area contributed by atoms with Gasteiger partial charge in [-0.3, -0.25) is 4.79 Å². The maximum atomic E-state index is 12.7. The van der Waals surface area contributed by atoms with E-state index in [-0.39, 0.29) is 24.1 Å². The third kappa shape index (κ3) is 4.48. The second-order valence-corrected chi connectivity index (χ2v) is 8.50. The van der Waals surface area contributed by atoms with Gasteiger partial charge in [-0.05, 0) is 48.0 Å². The Bertz CT molecular complexity index is 1560. The molecule has 0 aliphatic heterocycles. The zero-order chi connectivity index (χ0) is 25.2. The fourth-order valence-electron chi connectivity index (χ4n) is 3.78. The van der Waals surface area contributed by atoms with E-state index >= 15 is 0 Å². The Morgan fingerprint density at radius 3 is 2.78 bits per heavy atom. The van der Waals surface area contributed by atoms with Gasteiger partial charge in [0.1, 0.15) is 11.6 Å². The SMILES string of the molecule is COc1ncccc1-c1ccc(O)c(-c2nc3ccc(C(=O)NCc4noc(C(C)C)n4)cc3[nH]2)c1. The van der Waals surface area contributed by atoms with Gasteiger partial charge in [0.05, 0.1) is 30.3 Å². The molecule has 0 bridgehead atoms. The molecule has 3 N–H and O–H groups in total. The van der Waals surface area contributed by atoms with E-state index in [9.17, 15) is 9.90 Å². The number of ether oxygens (including phenoxy) is 1. The Kier molecular flexibility index (Phi) is 6.07. The van der Waals surface area contributed by atoms with Crippen molar-refractivity contribution < 1.29 is 19.2 Å². The number of fused-ring (bicyclic) bond motifs is 1. The number of nitrogens with one attached hydrogen (secondary N) is 2. The highest BCUT2D eigenvalue weighted by Gasteiger charge is 2.16. The molecule has 0 aliphatic rings. The number of aromatic hydroxyl groups is 1. The van der Waals surface area contributed by atoms with Crippen LogP contribution in [0.25, 0.3) is 33.5 Å². The Morgan fingerprint density at radius 2 is 2.00 bits per heavy atom. The second kappa shape index (κ2) is 9.49. The van der Waals surface area contributed by atoms with Crippen LogP contribution < -0.4 is 10.1 Å². The molecule has 10 nitrogen and oxygen atoms in total. The van der Waals surface area contributed by atoms with Gasteiger partial charge < -0.3 is 24.7 Å². The van der Waals surface area contributed by atoms with Crippen molar-refractivity contribution in [2.24, 2.45) is 0 Å². The number of hydrogen-bond acceptors (Lipinski definition) is 8. The van der Waals surface area contributed by atoms with E-state index in [4.69, 9.17) is 9.26 Å². The van der Waals surface area contributed by atoms with Crippen LogP contribution in [-0.2, 0) is 6.54 Å². The summed E-state index contributed by atoms with van der Waals surface area (Å²) in [5, 5.41) is 17.2. The number of H-pyrrole nitrogens is 1. The fraction of sp³-hybridized carbons (Fsp3) is 0.192. The fourth-order valence-corrected chi connectivity index (χ4v) is 3.78. The first kappa shape index (κ1) is 23.0. The Balaban J connectivity index is 1.40. The summed E-state index contributed by atoms with van der Waals surface area (Å²) >= 11 is 0. The van der Waals surface area contributed by atoms with Gasteiger partial charge in [0.25, 0.3) is 5.91 Å². The number of methoxy groups -OCH3 is 1. The van der Waals surface area contributed by atoms with Crippen LogP contribution in [0.4, 0.5) is 0 Å². The monoisotopic (exact) mass is 484 g/mol. The summed E-state index contributed by atoms with van der Waals surface area (Å²) in [7, 11) is 1.56. The lowest BCUT2D eigenvalue weighted by Gasteiger charge is -2.09. The summed E-state index contributed by atoms with van der Waals surface area (Å²) in [5.74, 6) is 1.80. The summed E-state index contributed by atoms with van der Waals surface area (Å²) in [5.41, 5.74) is 3.88. The van der Waals surface area contributed by atoms with Crippen molar-refractivity contribution in [2.75, 3.05) is 7.11 Å². The number of amides is 1. The molecule has 1 amide bonds. The first-order valence-electron chi connectivity index (χ1n) is 11.4. The van der Waals surface area contributed by atoms with Crippen LogP contribution in [-0.4, -0.2) is 43.2 Å². The molecule has 5 aromatic rings. The van der Waals surface area contributed by atoms with E-state index < -0.39 is 0 Å². The number of aromatic amines is 1. The van der Waals surface area contributed by atoms with Crippen molar-refractivity contribution in [3.63, 3.8) is 0 Å². The molecule has 0 fully saturated rings. The molecule has 182 valence electrons. The highest BCUT2D eigenvalue weighted by molar-refractivity contribution is 5.97. The van der Waals surface area contributed by atoms with Gasteiger partial charge in [-0.15, -0.1) is 0 Å². The topological polar surface area (TPSA) is 139 Å². The van der Waals surface area contributed by atoms with Gasteiger partial charge in [0, 0.05) is 23.2 Å². The molecular formula is C26H24N6O4. The zero-order valence-electron chi connectivity index (χ0n) is 19.9. The molecular weight excluding hydrogens is 460 g/mol. The maximum Gasteiger partial charge on any atom is 0.251 e. The number of carbonyl (C=O) groups excluding carboxylic acids is 1. The van der Waals surface area contributed by atoms with Crippen molar-refractivity contribution in [3.05, 3.63) is 72.0 Å². The van der Waals surface area contributed by atoms with E-state index in [1.807, 2.05) is 32.0 Å². The second-order valence-electron chi connectivity index (χ2n) is 8.50. The molecule has 36 heavy (non-hydrogen) atoms. The molecule has 0 radical (unpaired) electrons. The van der Waals surface area contributed by atoms with E-state index in [1.54, 1.807) is 43.6 Å². The predicted molar refractivity (Wildman–Crippen MR) is 133 cm³/mol. The van der Waals surface area contributed by atoms with Crippen LogP contribution in [0, 0.1) is 0 Å². The van der Waals surface area contributed by atoms with Crippen LogP contribution in [0.5, 0.6) is 11.6 Å². The predicted octanol–water partition coefficient (Wildman–Crippen LogP) is 4.44. The number of benzene rings is 2. The largest absolute Gasteiger partial charge is 0.507 e. The summed E-state index contributed by atoms with van der Waals surface area (Å²) in [4.78, 5) is 29.0. The van der Waals surface area contributed by atoms with Gasteiger partial charge in [-0.25, -0.2) is 9.97 Å². The van der Waals surface area contributed by atoms with Gasteiger partial charge in [0.15, 0.2) is 5.82 Å². The highest BCUT2D eigenvalue weighted by atomic mass is 16.5. The number of pyridine rings is 1. The normalized spacial score (nSPS) is 11.2. The molecule has 0 spiro atoms. The molecule has 3 heterocycles. The quantitative estimate of drug-likeness (QED) is 0.308. The van der Waals surface area contributed by atoms with Crippen LogP contribution >= 0.6 is 0 Å². The summed E-state index contributed by atoms with van der Waals surface area (Å²) in [6.07, 6.45) is 1.65. The molecule has 0 saturated heterocycles. The van der Waals surface area contributed by atoms with Crippen molar-refractivity contribution in [2.45, 2.75) is 26.3 Å². The summed E-state index contributed by atoms with van der Waals surface area (Å²) in [6, 6.07) is 14.1. The van der Waals surface area contributed by atoms with Crippen molar-refractivity contribution in [3.8, 4) is 34.1 Å². The van der Waals surface area contributed by atoms with Crippen molar-refractivity contribution >= 4 is 16.9 Å². The van der Waals surface area contributed by atoms with Crippen LogP contribution in [0.3, 0.4) is 0 Å². The van der Waals surface area contributed by atoms with E-state index in [0.717, 1.165) is 11.1 Å². The number of imidazole rings is 1. The average Bonchev–Trinajstić information content (AvgIpc) is 3.54. The van der Waals surface area contributed by atoms with Crippen molar-refractivity contribution in [1.29, 1.82) is 0 Å². The lowest BCUT2D eigenvalue weighted by Crippen LogP contribution is -2.23. The van der Waals surface area contributed by atoms with Crippen LogP contribution in [0.15, 0.2) is 59.3 Å². The standard InChI is InChI=1S/C26H24N6O4/c1-14(2)25-31-22(32-36-25)13-28-24(34)16-6-8-19-20(12-16)30-23(29-19)18-11-15(7-9-21(18)33)17-5-4-10-27-26(17)35-3/h4-12,14,33H,13H2,1-3H3,(H,28,34)(H,29,30). The van der Waals surface area contributed by atoms with Gasteiger partial charge in [-0.1, -0.05) is 25.1 Å². The van der Waals surface area contributed by atoms with Crippen LogP contribution in [0.2, 0.25) is 0 Å². The third-order valence-electron chi connectivity index (χ3n) is 5.66. The zero-order valence-corrected chi connectivity index (χ0v) is 19.9. The summed E-state index contributed by atoms with van der Waals surface area (Å²) in [6.45, 7) is 4.06. The molecule has 3 aromatic heterocycles. The molecule has 0 aliphatic carbocycles. The highest BCUT2D eigenvalue weighted by Crippen LogP contribution is 2.35. The number of nitrogens with zero attached hydrogens (tertiary/aromatic N) is 4. The first-order chi connectivity index (χ1) is 17.4. The number of carbonyl (C=O) groups is 1. The number of hydrogen-bond donors (Lipinski definition) is 3. The molecule has 0 atom stereocenters. The summed E-state index contributed by atoms with van der Waals surface area (Å²) < 4.78 is 10.5. The third-order valence-corrected chi connectivity index (χ3v) is 5.66. The van der Waals surface area contributed by atoms with Crippen molar-refractivity contribution in [1.82, 2.24) is 30.4 Å². The molecule has 0 saturated carbocycles. The maximum absolute atomic E-state index is 12.7. The minimum Gasteiger partial charge on any atom is -0.507 e. The molecule has 0 unspecified atom stereocenters. The number of aromatic nitrogens is 5. The van der Waals surface area contributed by atoms with E-state index in [1.165, 1.54) is 0 Å². The Morgan fingerprint density at radius 1 is 1.14 bits per heavy atom. The number of rotatable bonds is 7. The molecule has 2 aromatic carbocycles. The van der Waals surface area contributed by atoms with E-state index in [2.05, 4.69) is 30.4 Å². The van der Waals surface area contributed by atoms with Gasteiger partial charge in [-0.2, -0.15) is 4.98 Å². The Hall–Kier alpha value is -4.73. The first-order valence-corrected chi connectivity index (χ1v) is 11.4. The minimum atomic E-state index is -0.280.